The molecule has 1 fully saturated rings. The van der Waals surface area contributed by atoms with Gasteiger partial charge < -0.3 is 25.8 Å². The molecule has 4 N–H and O–H groups in total. The number of likely N-dealkylation sites (tertiary alicyclic amines) is 1. The number of nitrogens with one attached hydrogen (secondary N) is 1. The van der Waals surface area contributed by atoms with Crippen molar-refractivity contribution in [1.82, 2.24) is 10.2 Å². The van der Waals surface area contributed by atoms with Crippen LogP contribution in [0, 0.1) is 29.2 Å². The molecule has 0 spiro atoms. The first-order valence-corrected chi connectivity index (χ1v) is 12.2. The Kier molecular flexibility index (Phi) is 12.0. The van der Waals surface area contributed by atoms with Crippen LogP contribution in [0.15, 0.2) is 30.3 Å². The molecule has 1 unspecified atom stereocenters. The molecule has 10 nitrogen and oxygen atoms in total. The average molecular weight is 623 g/mol. The van der Waals surface area contributed by atoms with Gasteiger partial charge in [0.25, 0.3) is 5.91 Å². The number of nitrogen functional groups attached to an aromatic ring is 1. The molecule has 0 aromatic heterocycles. The van der Waals surface area contributed by atoms with Crippen molar-refractivity contribution in [2.45, 2.75) is 31.5 Å². The number of rotatable bonds is 9. The highest BCUT2D eigenvalue weighted by Gasteiger charge is 2.33. The Morgan fingerprint density at radius 2 is 1.60 bits per heavy atom. The molecule has 1 atom stereocenters. The minimum absolute atomic E-state index is 0.0548. The number of hydrogen-bond donors (Lipinski definition) is 3. The van der Waals surface area contributed by atoms with Crippen molar-refractivity contribution in [2.24, 2.45) is 5.92 Å². The van der Waals surface area contributed by atoms with E-state index in [0.29, 0.717) is 0 Å². The summed E-state index contributed by atoms with van der Waals surface area (Å²) in [6, 6.07) is 3.24. The highest BCUT2D eigenvalue weighted by Crippen LogP contribution is 2.32. The van der Waals surface area contributed by atoms with E-state index in [1.54, 1.807) is 0 Å². The number of carboxylic acid groups (broad SMARTS) is 1. The van der Waals surface area contributed by atoms with Crippen LogP contribution in [0.4, 0.5) is 36.4 Å². The van der Waals surface area contributed by atoms with Crippen LogP contribution in [0.1, 0.15) is 24.8 Å². The highest BCUT2D eigenvalue weighted by atomic mass is 19.4. The lowest BCUT2D eigenvalue weighted by molar-refractivity contribution is -0.142. The third-order valence-electron chi connectivity index (χ3n) is 6.06. The number of aldehydes is 1. The lowest BCUT2D eigenvalue weighted by Crippen LogP contribution is -2.49. The number of carbonyl (C=O) groups excluding carboxylic acids is 4. The summed E-state index contributed by atoms with van der Waals surface area (Å²) in [7, 11) is 0. The maximum atomic E-state index is 13.6. The fourth-order valence-corrected chi connectivity index (χ4v) is 3.82. The molecule has 17 heteroatoms. The van der Waals surface area contributed by atoms with Gasteiger partial charge in [-0.1, -0.05) is 12.1 Å². The molecular formula is C26H24F7N3O7. The molecule has 2 amide bonds. The van der Waals surface area contributed by atoms with Gasteiger partial charge in [0.15, 0.2) is 23.2 Å². The van der Waals surface area contributed by atoms with E-state index in [0.717, 1.165) is 6.07 Å². The number of amides is 2. The fraction of sp³-hybridized carbons (Fsp3) is 0.346. The number of piperidine rings is 1. The molecule has 2 aromatic carbocycles. The van der Waals surface area contributed by atoms with Crippen molar-refractivity contribution in [3.63, 3.8) is 0 Å². The van der Waals surface area contributed by atoms with Crippen molar-refractivity contribution in [3.05, 3.63) is 59.2 Å². The first kappa shape index (κ1) is 34.5. The maximum Gasteiger partial charge on any atom is 0.418 e. The molecule has 2 aromatic rings. The van der Waals surface area contributed by atoms with Crippen LogP contribution in [0.3, 0.4) is 0 Å². The van der Waals surface area contributed by atoms with Gasteiger partial charge in [0.05, 0.1) is 12.0 Å². The van der Waals surface area contributed by atoms with E-state index in [4.69, 9.17) is 10.8 Å². The zero-order valence-electron chi connectivity index (χ0n) is 21.9. The lowest BCUT2D eigenvalue weighted by Gasteiger charge is -2.30. The molecule has 1 aliphatic rings. The Bertz CT molecular complexity index is 1340. The lowest BCUT2D eigenvalue weighted by atomic mass is 9.95. The summed E-state index contributed by atoms with van der Waals surface area (Å²) in [6.07, 6.45) is -4.80. The Morgan fingerprint density at radius 3 is 2.07 bits per heavy atom. The molecule has 0 saturated carbocycles. The molecule has 1 saturated heterocycles. The van der Waals surface area contributed by atoms with Gasteiger partial charge in [-0.3, -0.25) is 24.0 Å². The molecule has 0 aliphatic carbocycles. The van der Waals surface area contributed by atoms with Crippen molar-refractivity contribution >= 4 is 35.5 Å². The number of alkyl halides is 3. The zero-order valence-corrected chi connectivity index (χ0v) is 21.9. The summed E-state index contributed by atoms with van der Waals surface area (Å²) in [5.74, 6) is -13.5. The van der Waals surface area contributed by atoms with Crippen LogP contribution < -0.4 is 15.8 Å². The second-order valence-corrected chi connectivity index (χ2v) is 9.01. The normalized spacial score (nSPS) is 14.2. The number of ether oxygens (including phenoxy) is 1. The van der Waals surface area contributed by atoms with E-state index in [9.17, 15) is 54.7 Å². The molecule has 1 heterocycles. The number of carboxylic acids is 1. The summed E-state index contributed by atoms with van der Waals surface area (Å²) in [4.78, 5) is 58.9. The number of benzene rings is 2. The Hall–Kier alpha value is -4.70. The van der Waals surface area contributed by atoms with Crippen LogP contribution in [0.5, 0.6) is 5.75 Å². The average Bonchev–Trinajstić information content (AvgIpc) is 2.95. The van der Waals surface area contributed by atoms with Gasteiger partial charge in [0.1, 0.15) is 12.6 Å². The van der Waals surface area contributed by atoms with Crippen molar-refractivity contribution in [2.75, 3.05) is 25.4 Å². The number of Topliss-reactive ketones (excluding diaryl/α,β-unsaturated/α-hetero) is 1. The first-order valence-electron chi connectivity index (χ1n) is 12.2. The molecule has 3 rings (SSSR count). The van der Waals surface area contributed by atoms with Crippen molar-refractivity contribution in [3.8, 4) is 5.75 Å². The minimum atomic E-state index is -4.34. The van der Waals surface area contributed by atoms with Gasteiger partial charge in [0, 0.05) is 30.8 Å². The van der Waals surface area contributed by atoms with Gasteiger partial charge in [-0.25, -0.2) is 8.78 Å². The molecular weight excluding hydrogens is 599 g/mol. The van der Waals surface area contributed by atoms with Gasteiger partial charge >= 0.3 is 12.1 Å². The highest BCUT2D eigenvalue weighted by molar-refractivity contribution is 6.23. The summed E-state index contributed by atoms with van der Waals surface area (Å²) in [5.41, 5.74) is 4.07. The topological polar surface area (TPSA) is 156 Å². The van der Waals surface area contributed by atoms with E-state index >= 15 is 0 Å². The fourth-order valence-electron chi connectivity index (χ4n) is 3.82. The number of hydrogen-bond acceptors (Lipinski definition) is 7. The summed E-state index contributed by atoms with van der Waals surface area (Å²) in [5, 5.41) is 11.2. The summed E-state index contributed by atoms with van der Waals surface area (Å²) < 4.78 is 94.2. The third kappa shape index (κ3) is 9.68. The Labute approximate surface area is 238 Å². The van der Waals surface area contributed by atoms with Crippen LogP contribution >= 0.6 is 0 Å². The number of nitrogens with two attached hydrogens (primary N) is 1. The van der Waals surface area contributed by atoms with E-state index in [-0.39, 0.29) is 44.0 Å². The molecule has 43 heavy (non-hydrogen) atoms. The van der Waals surface area contributed by atoms with Crippen LogP contribution in [0.2, 0.25) is 0 Å². The van der Waals surface area contributed by atoms with Gasteiger partial charge in [0.2, 0.25) is 23.8 Å². The van der Waals surface area contributed by atoms with Crippen molar-refractivity contribution in [1.29, 1.82) is 0 Å². The third-order valence-corrected chi connectivity index (χ3v) is 6.06. The predicted molar refractivity (Wildman–Crippen MR) is 132 cm³/mol. The second kappa shape index (κ2) is 15.0. The summed E-state index contributed by atoms with van der Waals surface area (Å²) >= 11 is 0. The SMILES string of the molecule is Nc1ccccc1C(F)(F)F.O=CC(=O)N1CCC(C(=O)NC(CC(=O)O)C(=O)COc2c(F)c(F)cc(F)c2F)CC1. The summed E-state index contributed by atoms with van der Waals surface area (Å²) in [6.45, 7) is -0.985. The van der Waals surface area contributed by atoms with E-state index in [2.05, 4.69) is 10.1 Å². The van der Waals surface area contributed by atoms with Crippen LogP contribution in [0.25, 0.3) is 0 Å². The molecule has 1 aliphatic heterocycles. The van der Waals surface area contributed by atoms with Crippen LogP contribution in [-0.2, 0) is 30.1 Å². The number of anilines is 1. The largest absolute Gasteiger partial charge is 0.481 e. The van der Waals surface area contributed by atoms with E-state index in [1.807, 2.05) is 0 Å². The quantitative estimate of drug-likeness (QED) is 0.127. The molecule has 0 bridgehead atoms. The smallest absolute Gasteiger partial charge is 0.418 e. The number of ketones is 1. The maximum absolute atomic E-state index is 13.6. The predicted octanol–water partition coefficient (Wildman–Crippen LogP) is 2.88. The number of nitrogens with zero attached hydrogens (tertiary/aromatic N) is 1. The van der Waals surface area contributed by atoms with Gasteiger partial charge in [-0.05, 0) is 25.0 Å². The monoisotopic (exact) mass is 623 g/mol. The van der Waals surface area contributed by atoms with Gasteiger partial charge in [-0.15, -0.1) is 0 Å². The zero-order chi connectivity index (χ0) is 32.5. The van der Waals surface area contributed by atoms with E-state index in [1.165, 1.54) is 23.1 Å². The molecule has 0 radical (unpaired) electrons. The number of carbonyl (C=O) groups is 5. The number of para-hydroxylation sites is 1. The van der Waals surface area contributed by atoms with Crippen LogP contribution in [-0.4, -0.2) is 65.6 Å². The van der Waals surface area contributed by atoms with Gasteiger partial charge in [-0.2, -0.15) is 22.0 Å². The Morgan fingerprint density at radius 1 is 1.05 bits per heavy atom. The molecule has 234 valence electrons. The minimum Gasteiger partial charge on any atom is -0.481 e. The standard InChI is InChI=1S/C19H18F4N2O7.C7H6F3N/c20-10-5-11(21)17(23)18(16(10)22)32-8-13(27)12(6-15(29)30)24-19(31)9-1-3-25(4-2-9)14(28)7-26;8-7(9,10)5-3-1-2-4-6(5)11/h5,7,9,12H,1-4,6,8H2,(H,24,31)(H,29,30);1-4H,11H2. The van der Waals surface area contributed by atoms with E-state index < -0.39 is 89.3 Å². The van der Waals surface area contributed by atoms with Crippen molar-refractivity contribution < 1.29 is 64.5 Å². The Balaban J connectivity index is 0.000000490. The number of halogens is 7. The first-order chi connectivity index (χ1) is 20.1. The number of aliphatic carboxylic acids is 1. The second-order valence-electron chi connectivity index (χ2n) is 9.01.